The highest BCUT2D eigenvalue weighted by Crippen LogP contribution is 2.28. The summed E-state index contributed by atoms with van der Waals surface area (Å²) in [5.74, 6) is 0.169. The summed E-state index contributed by atoms with van der Waals surface area (Å²) in [6.45, 7) is 3.30. The second-order valence-electron chi connectivity index (χ2n) is 4.80. The molecule has 1 aliphatic rings. The summed E-state index contributed by atoms with van der Waals surface area (Å²) in [5.41, 5.74) is 2.01. The van der Waals surface area contributed by atoms with Crippen molar-refractivity contribution in [3.05, 3.63) is 29.6 Å². The van der Waals surface area contributed by atoms with Crippen molar-refractivity contribution in [3.8, 4) is 0 Å². The van der Waals surface area contributed by atoms with Crippen LogP contribution in [0, 0.1) is 5.82 Å². The largest absolute Gasteiger partial charge is 0.369 e. The molecular formula is C14H19ClFN. The monoisotopic (exact) mass is 255 g/mol. The van der Waals surface area contributed by atoms with E-state index in [2.05, 4.69) is 11.8 Å². The first-order valence-corrected chi connectivity index (χ1v) is 6.87. The van der Waals surface area contributed by atoms with Crippen LogP contribution >= 0.6 is 11.6 Å². The number of halogens is 2. The lowest BCUT2D eigenvalue weighted by Gasteiger charge is -2.31. The van der Waals surface area contributed by atoms with E-state index in [0.29, 0.717) is 11.9 Å². The molecule has 0 amide bonds. The van der Waals surface area contributed by atoms with Crippen LogP contribution < -0.4 is 4.90 Å². The molecule has 1 saturated heterocycles. The van der Waals surface area contributed by atoms with Gasteiger partial charge in [0, 0.05) is 24.2 Å². The summed E-state index contributed by atoms with van der Waals surface area (Å²) in [7, 11) is 0. The predicted molar refractivity (Wildman–Crippen MR) is 71.2 cm³/mol. The normalized spacial score (nSPS) is 21.4. The molecule has 0 aromatic heterocycles. The molecule has 0 bridgehead atoms. The SMILES string of the molecule is CC1CCCCCN1c1ccc(F)cc1CCl. The molecule has 3 heteroatoms. The van der Waals surface area contributed by atoms with Gasteiger partial charge < -0.3 is 4.90 Å². The summed E-state index contributed by atoms with van der Waals surface area (Å²) in [5, 5.41) is 0. The maximum Gasteiger partial charge on any atom is 0.123 e. The molecule has 1 aliphatic heterocycles. The van der Waals surface area contributed by atoms with Crippen LogP contribution in [0.1, 0.15) is 38.2 Å². The van der Waals surface area contributed by atoms with Gasteiger partial charge in [-0.1, -0.05) is 12.8 Å². The number of nitrogens with zero attached hydrogens (tertiary/aromatic N) is 1. The van der Waals surface area contributed by atoms with Crippen LogP contribution in [0.4, 0.5) is 10.1 Å². The predicted octanol–water partition coefficient (Wildman–Crippen LogP) is 4.33. The molecular weight excluding hydrogens is 237 g/mol. The summed E-state index contributed by atoms with van der Waals surface area (Å²) < 4.78 is 13.2. The molecule has 1 fully saturated rings. The molecule has 1 atom stereocenters. The highest BCUT2D eigenvalue weighted by atomic mass is 35.5. The minimum Gasteiger partial charge on any atom is -0.369 e. The Morgan fingerprint density at radius 2 is 2.18 bits per heavy atom. The van der Waals surface area contributed by atoms with E-state index in [0.717, 1.165) is 17.8 Å². The van der Waals surface area contributed by atoms with Crippen LogP contribution in [-0.4, -0.2) is 12.6 Å². The first-order chi connectivity index (χ1) is 8.22. The van der Waals surface area contributed by atoms with E-state index >= 15 is 0 Å². The third kappa shape index (κ3) is 2.92. The van der Waals surface area contributed by atoms with E-state index in [1.165, 1.54) is 31.7 Å². The van der Waals surface area contributed by atoms with Crippen molar-refractivity contribution in [2.45, 2.75) is 44.5 Å². The highest BCUT2D eigenvalue weighted by Gasteiger charge is 2.19. The molecule has 1 nitrogen and oxygen atoms in total. The van der Waals surface area contributed by atoms with Gasteiger partial charge in [-0.2, -0.15) is 0 Å². The molecule has 1 aromatic carbocycles. The van der Waals surface area contributed by atoms with Crippen LogP contribution in [0.2, 0.25) is 0 Å². The van der Waals surface area contributed by atoms with Gasteiger partial charge in [0.05, 0.1) is 0 Å². The lowest BCUT2D eigenvalue weighted by atomic mass is 10.1. The number of rotatable bonds is 2. The number of alkyl halides is 1. The number of hydrogen-bond acceptors (Lipinski definition) is 1. The Kier molecular flexibility index (Phi) is 4.27. The van der Waals surface area contributed by atoms with E-state index in [9.17, 15) is 4.39 Å². The Morgan fingerprint density at radius 1 is 1.35 bits per heavy atom. The van der Waals surface area contributed by atoms with Gasteiger partial charge in [-0.15, -0.1) is 11.6 Å². The van der Waals surface area contributed by atoms with E-state index in [4.69, 9.17) is 11.6 Å². The van der Waals surface area contributed by atoms with Gasteiger partial charge in [0.25, 0.3) is 0 Å². The Morgan fingerprint density at radius 3 is 2.94 bits per heavy atom. The van der Waals surface area contributed by atoms with E-state index in [-0.39, 0.29) is 5.82 Å². The Hall–Kier alpha value is -0.760. The van der Waals surface area contributed by atoms with Crippen LogP contribution in [-0.2, 0) is 5.88 Å². The molecule has 17 heavy (non-hydrogen) atoms. The zero-order chi connectivity index (χ0) is 12.3. The molecule has 94 valence electrons. The van der Waals surface area contributed by atoms with E-state index in [1.54, 1.807) is 6.07 Å². The van der Waals surface area contributed by atoms with Crippen molar-refractivity contribution in [1.82, 2.24) is 0 Å². The smallest absolute Gasteiger partial charge is 0.123 e. The highest BCUT2D eigenvalue weighted by molar-refractivity contribution is 6.17. The first kappa shape index (κ1) is 12.7. The van der Waals surface area contributed by atoms with E-state index in [1.807, 2.05) is 6.07 Å². The second-order valence-corrected chi connectivity index (χ2v) is 5.07. The second kappa shape index (κ2) is 5.72. The fourth-order valence-corrected chi connectivity index (χ4v) is 2.79. The standard InChI is InChI=1S/C14H19ClFN/c1-11-5-3-2-4-8-17(11)14-7-6-13(16)9-12(14)10-15/h6-7,9,11H,2-5,8,10H2,1H3. The molecule has 0 radical (unpaired) electrons. The fraction of sp³-hybridized carbons (Fsp3) is 0.571. The Labute approximate surface area is 108 Å². The average Bonchev–Trinajstić information content (AvgIpc) is 2.54. The van der Waals surface area contributed by atoms with Crippen molar-refractivity contribution in [3.63, 3.8) is 0 Å². The third-order valence-corrected chi connectivity index (χ3v) is 3.84. The molecule has 0 aliphatic carbocycles. The third-order valence-electron chi connectivity index (χ3n) is 3.55. The van der Waals surface area contributed by atoms with Crippen LogP contribution in [0.5, 0.6) is 0 Å². The first-order valence-electron chi connectivity index (χ1n) is 6.33. The summed E-state index contributed by atoms with van der Waals surface area (Å²) in [6.07, 6.45) is 5.00. The fourth-order valence-electron chi connectivity index (χ4n) is 2.57. The van der Waals surface area contributed by atoms with Gasteiger partial charge in [0.1, 0.15) is 5.82 Å². The van der Waals surface area contributed by atoms with Crippen molar-refractivity contribution in [1.29, 1.82) is 0 Å². The quantitative estimate of drug-likeness (QED) is 0.711. The minimum absolute atomic E-state index is 0.202. The number of benzene rings is 1. The summed E-state index contributed by atoms with van der Waals surface area (Å²) in [4.78, 5) is 2.38. The molecule has 0 saturated carbocycles. The lowest BCUT2D eigenvalue weighted by Crippen LogP contribution is -2.33. The maximum absolute atomic E-state index is 13.2. The number of hydrogen-bond donors (Lipinski definition) is 0. The van der Waals surface area contributed by atoms with Gasteiger partial charge in [0.15, 0.2) is 0 Å². The van der Waals surface area contributed by atoms with Gasteiger partial charge in [-0.05, 0) is 43.5 Å². The van der Waals surface area contributed by atoms with Gasteiger partial charge in [-0.25, -0.2) is 4.39 Å². The Balaban J connectivity index is 2.30. The van der Waals surface area contributed by atoms with Gasteiger partial charge >= 0.3 is 0 Å². The summed E-state index contributed by atoms with van der Waals surface area (Å²) >= 11 is 5.92. The van der Waals surface area contributed by atoms with Crippen molar-refractivity contribution < 1.29 is 4.39 Å². The van der Waals surface area contributed by atoms with Crippen LogP contribution in [0.3, 0.4) is 0 Å². The molecule has 2 rings (SSSR count). The van der Waals surface area contributed by atoms with Crippen molar-refractivity contribution >= 4 is 17.3 Å². The maximum atomic E-state index is 13.2. The van der Waals surface area contributed by atoms with Gasteiger partial charge in [-0.3, -0.25) is 0 Å². The average molecular weight is 256 g/mol. The minimum atomic E-state index is -0.202. The van der Waals surface area contributed by atoms with Gasteiger partial charge in [0.2, 0.25) is 0 Å². The lowest BCUT2D eigenvalue weighted by molar-refractivity contribution is 0.609. The molecule has 1 unspecified atom stereocenters. The zero-order valence-electron chi connectivity index (χ0n) is 10.3. The number of anilines is 1. The van der Waals surface area contributed by atoms with Crippen LogP contribution in [0.15, 0.2) is 18.2 Å². The Bertz CT molecular complexity index is 380. The molecule has 1 aromatic rings. The molecule has 1 heterocycles. The van der Waals surface area contributed by atoms with Crippen molar-refractivity contribution in [2.24, 2.45) is 0 Å². The van der Waals surface area contributed by atoms with E-state index < -0.39 is 0 Å². The van der Waals surface area contributed by atoms with Crippen molar-refractivity contribution in [2.75, 3.05) is 11.4 Å². The topological polar surface area (TPSA) is 3.24 Å². The summed E-state index contributed by atoms with van der Waals surface area (Å²) in [6, 6.07) is 5.47. The van der Waals surface area contributed by atoms with Crippen LogP contribution in [0.25, 0.3) is 0 Å². The zero-order valence-corrected chi connectivity index (χ0v) is 11.0. The molecule has 0 spiro atoms. The molecule has 0 N–H and O–H groups in total.